The summed E-state index contributed by atoms with van der Waals surface area (Å²) in [6.07, 6.45) is 4.15. The number of hydrogen-bond donors (Lipinski definition) is 1. The average molecular weight is 270 g/mol. The summed E-state index contributed by atoms with van der Waals surface area (Å²) in [6, 6.07) is 1.40. The van der Waals surface area contributed by atoms with Crippen molar-refractivity contribution in [3.63, 3.8) is 0 Å². The molecule has 0 radical (unpaired) electrons. The van der Waals surface area contributed by atoms with Gasteiger partial charge in [-0.2, -0.15) is 11.8 Å². The van der Waals surface area contributed by atoms with E-state index in [9.17, 15) is 0 Å². The minimum absolute atomic E-state index is 0.375. The zero-order valence-corrected chi connectivity index (χ0v) is 13.4. The van der Waals surface area contributed by atoms with Crippen LogP contribution in [-0.2, 0) is 0 Å². The lowest BCUT2D eigenvalue weighted by molar-refractivity contribution is 0.0838. The Morgan fingerprint density at radius 2 is 2.11 bits per heavy atom. The molecule has 2 nitrogen and oxygen atoms in total. The molecule has 18 heavy (non-hydrogen) atoms. The molecule has 0 bridgehead atoms. The Balaban J connectivity index is 1.94. The first-order chi connectivity index (χ1) is 8.50. The van der Waals surface area contributed by atoms with Gasteiger partial charge in [0.1, 0.15) is 0 Å². The zero-order valence-electron chi connectivity index (χ0n) is 12.5. The molecule has 2 saturated heterocycles. The summed E-state index contributed by atoms with van der Waals surface area (Å²) in [4.78, 5) is 2.77. The van der Waals surface area contributed by atoms with Gasteiger partial charge in [0.2, 0.25) is 0 Å². The molecule has 2 heterocycles. The van der Waals surface area contributed by atoms with Gasteiger partial charge < -0.3 is 5.32 Å². The quantitative estimate of drug-likeness (QED) is 0.849. The molecule has 2 aliphatic heterocycles. The third-order valence-corrected chi connectivity index (χ3v) is 5.89. The van der Waals surface area contributed by atoms with Crippen molar-refractivity contribution in [1.82, 2.24) is 10.2 Å². The summed E-state index contributed by atoms with van der Waals surface area (Å²) >= 11 is 2.20. The molecular formula is C15H30N2S. The molecule has 2 aliphatic rings. The zero-order chi connectivity index (χ0) is 13.2. The first-order valence-corrected chi connectivity index (χ1v) is 8.64. The van der Waals surface area contributed by atoms with Crippen LogP contribution in [0, 0.1) is 5.41 Å². The lowest BCUT2D eigenvalue weighted by atomic mass is 9.84. The number of hydrogen-bond acceptors (Lipinski definition) is 3. The van der Waals surface area contributed by atoms with Crippen molar-refractivity contribution in [2.24, 2.45) is 5.41 Å². The molecule has 0 aromatic heterocycles. The fourth-order valence-corrected chi connectivity index (χ4v) is 4.41. The van der Waals surface area contributed by atoms with E-state index in [1.807, 2.05) is 0 Å². The van der Waals surface area contributed by atoms with E-state index in [1.54, 1.807) is 0 Å². The molecule has 3 unspecified atom stereocenters. The van der Waals surface area contributed by atoms with Gasteiger partial charge in [0.05, 0.1) is 0 Å². The van der Waals surface area contributed by atoms with Gasteiger partial charge in [0.15, 0.2) is 0 Å². The maximum absolute atomic E-state index is 3.77. The minimum atomic E-state index is 0.375. The van der Waals surface area contributed by atoms with E-state index in [-0.39, 0.29) is 0 Å². The number of rotatable bonds is 3. The fourth-order valence-electron chi connectivity index (χ4n) is 3.11. The number of thioether (sulfide) groups is 1. The molecule has 2 fully saturated rings. The van der Waals surface area contributed by atoms with Crippen LogP contribution < -0.4 is 5.32 Å². The highest BCUT2D eigenvalue weighted by atomic mass is 32.2. The van der Waals surface area contributed by atoms with Crippen molar-refractivity contribution >= 4 is 11.8 Å². The summed E-state index contributed by atoms with van der Waals surface area (Å²) in [5.41, 5.74) is 0.375. The highest BCUT2D eigenvalue weighted by Gasteiger charge is 2.34. The molecular weight excluding hydrogens is 240 g/mol. The van der Waals surface area contributed by atoms with Crippen molar-refractivity contribution in [3.05, 3.63) is 0 Å². The summed E-state index contributed by atoms with van der Waals surface area (Å²) in [7, 11) is 0. The smallest absolute Gasteiger partial charge is 0.0244 e. The van der Waals surface area contributed by atoms with Gasteiger partial charge in [-0.25, -0.2) is 0 Å². The van der Waals surface area contributed by atoms with Crippen LogP contribution in [0.25, 0.3) is 0 Å². The van der Waals surface area contributed by atoms with Crippen LogP contribution in [0.15, 0.2) is 0 Å². The van der Waals surface area contributed by atoms with Gasteiger partial charge in [-0.1, -0.05) is 27.7 Å². The Kier molecular flexibility index (Phi) is 5.01. The topological polar surface area (TPSA) is 15.3 Å². The Morgan fingerprint density at radius 3 is 2.67 bits per heavy atom. The van der Waals surface area contributed by atoms with Crippen LogP contribution in [0.4, 0.5) is 0 Å². The molecule has 0 aromatic rings. The summed E-state index contributed by atoms with van der Waals surface area (Å²) in [5.74, 6) is 1.39. The Hall–Kier alpha value is 0.270. The van der Waals surface area contributed by atoms with Gasteiger partial charge in [-0.3, -0.25) is 4.90 Å². The lowest BCUT2D eigenvalue weighted by Crippen LogP contribution is -2.60. The summed E-state index contributed by atoms with van der Waals surface area (Å²) < 4.78 is 0. The first kappa shape index (κ1) is 14.7. The normalized spacial score (nSPS) is 35.0. The predicted octanol–water partition coefficient (Wildman–Crippen LogP) is 2.98. The monoisotopic (exact) mass is 270 g/mol. The van der Waals surface area contributed by atoms with Crippen molar-refractivity contribution in [1.29, 1.82) is 0 Å². The van der Waals surface area contributed by atoms with Crippen LogP contribution in [-0.4, -0.2) is 47.6 Å². The van der Waals surface area contributed by atoms with Gasteiger partial charge in [0, 0.05) is 37.0 Å². The second kappa shape index (κ2) is 6.15. The standard InChI is InChI=1S/C15H30N2S/c1-5-12-9-16-14(15(2,3)4)11-17(12)10-13-7-6-8-18-13/h12-14,16H,5-11H2,1-4H3. The van der Waals surface area contributed by atoms with Gasteiger partial charge in [-0.15, -0.1) is 0 Å². The van der Waals surface area contributed by atoms with E-state index in [4.69, 9.17) is 0 Å². The third-order valence-electron chi connectivity index (χ3n) is 4.51. The minimum Gasteiger partial charge on any atom is -0.311 e. The third kappa shape index (κ3) is 3.64. The van der Waals surface area contributed by atoms with Crippen LogP contribution in [0.2, 0.25) is 0 Å². The Bertz CT molecular complexity index is 256. The average Bonchev–Trinajstić information content (AvgIpc) is 2.80. The van der Waals surface area contributed by atoms with Crippen molar-refractivity contribution in [3.8, 4) is 0 Å². The second-order valence-electron chi connectivity index (χ2n) is 6.98. The Morgan fingerprint density at radius 1 is 1.33 bits per heavy atom. The van der Waals surface area contributed by atoms with E-state index in [2.05, 4.69) is 49.7 Å². The fraction of sp³-hybridized carbons (Fsp3) is 1.00. The molecule has 0 amide bonds. The number of piperazine rings is 1. The van der Waals surface area contributed by atoms with Crippen molar-refractivity contribution in [2.45, 2.75) is 64.3 Å². The van der Waals surface area contributed by atoms with Crippen LogP contribution in [0.5, 0.6) is 0 Å². The molecule has 2 rings (SSSR count). The largest absolute Gasteiger partial charge is 0.311 e. The second-order valence-corrected chi connectivity index (χ2v) is 8.39. The van der Waals surface area contributed by atoms with Crippen molar-refractivity contribution in [2.75, 3.05) is 25.4 Å². The lowest BCUT2D eigenvalue weighted by Gasteiger charge is -2.45. The van der Waals surface area contributed by atoms with E-state index in [0.717, 1.165) is 11.3 Å². The molecule has 1 N–H and O–H groups in total. The maximum atomic E-state index is 3.77. The highest BCUT2D eigenvalue weighted by molar-refractivity contribution is 8.00. The SMILES string of the molecule is CCC1CNC(C(C)(C)C)CN1CC1CCCS1. The van der Waals surface area contributed by atoms with Crippen LogP contribution in [0.1, 0.15) is 47.0 Å². The van der Waals surface area contributed by atoms with E-state index in [0.29, 0.717) is 11.5 Å². The van der Waals surface area contributed by atoms with Crippen LogP contribution >= 0.6 is 11.8 Å². The molecule has 0 aliphatic carbocycles. The van der Waals surface area contributed by atoms with Gasteiger partial charge in [0.25, 0.3) is 0 Å². The molecule has 3 heteroatoms. The van der Waals surface area contributed by atoms with Crippen LogP contribution in [0.3, 0.4) is 0 Å². The van der Waals surface area contributed by atoms with E-state index >= 15 is 0 Å². The molecule has 106 valence electrons. The highest BCUT2D eigenvalue weighted by Crippen LogP contribution is 2.30. The summed E-state index contributed by atoms with van der Waals surface area (Å²) in [5, 5.41) is 4.67. The first-order valence-electron chi connectivity index (χ1n) is 7.59. The molecule has 0 aromatic carbocycles. The molecule has 0 spiro atoms. The van der Waals surface area contributed by atoms with E-state index < -0.39 is 0 Å². The maximum Gasteiger partial charge on any atom is 0.0244 e. The number of nitrogens with one attached hydrogen (secondary N) is 1. The van der Waals surface area contributed by atoms with Gasteiger partial charge >= 0.3 is 0 Å². The summed E-state index contributed by atoms with van der Waals surface area (Å²) in [6.45, 7) is 13.1. The molecule has 3 atom stereocenters. The predicted molar refractivity (Wildman–Crippen MR) is 82.4 cm³/mol. The molecule has 0 saturated carbocycles. The van der Waals surface area contributed by atoms with Crippen molar-refractivity contribution < 1.29 is 0 Å². The Labute approximate surface area is 117 Å². The number of nitrogens with zero attached hydrogens (tertiary/aromatic N) is 1. The van der Waals surface area contributed by atoms with E-state index in [1.165, 1.54) is 44.6 Å². The van der Waals surface area contributed by atoms with Gasteiger partial charge in [-0.05, 0) is 30.4 Å².